The maximum Gasteiger partial charge on any atom is 0.323 e. The smallest absolute Gasteiger partial charge is 0.308 e. The maximum absolute atomic E-state index is 12.6. The average Bonchev–Trinajstić information content (AvgIpc) is 3.25. The Hall–Kier alpha value is -4.02. The number of aromatic amines is 1. The van der Waals surface area contributed by atoms with Gasteiger partial charge < -0.3 is 10.6 Å². The standard InChI is InChI=1S/C29H28N5OP/c1-29(2,3)24-17-23(25-26(32-24)33-34-27(25)36)20-11-15-22(16-12-20)31-28(35)30-21-13-9-19(10-14-21)18-7-5-4-6-8-18/h4-17H,36H2,1-3H3,(H2,30,31,35)(H,32,33,34). The van der Waals surface area contributed by atoms with Crippen LogP contribution in [0.15, 0.2) is 84.9 Å². The average molecular weight is 494 g/mol. The summed E-state index contributed by atoms with van der Waals surface area (Å²) >= 11 is 0. The Bertz CT molecular complexity index is 1520. The van der Waals surface area contributed by atoms with Crippen LogP contribution in [-0.4, -0.2) is 21.2 Å². The lowest BCUT2D eigenvalue weighted by molar-refractivity contribution is 0.262. The molecule has 6 nitrogen and oxygen atoms in total. The van der Waals surface area contributed by atoms with Gasteiger partial charge in [-0.3, -0.25) is 5.10 Å². The molecule has 0 aliphatic heterocycles. The molecule has 2 heterocycles. The van der Waals surface area contributed by atoms with Gasteiger partial charge in [0.1, 0.15) is 0 Å². The van der Waals surface area contributed by atoms with Gasteiger partial charge in [-0.1, -0.05) is 84.6 Å². The minimum Gasteiger partial charge on any atom is -0.308 e. The number of carbonyl (C=O) groups is 1. The molecule has 2 amide bonds. The molecule has 0 bridgehead atoms. The number of amides is 2. The third kappa shape index (κ3) is 5.00. The highest BCUT2D eigenvalue weighted by Gasteiger charge is 2.20. The van der Waals surface area contributed by atoms with E-state index in [9.17, 15) is 4.79 Å². The van der Waals surface area contributed by atoms with Gasteiger partial charge in [-0.05, 0) is 52.6 Å². The van der Waals surface area contributed by atoms with Gasteiger partial charge in [0.15, 0.2) is 5.65 Å². The van der Waals surface area contributed by atoms with E-state index in [1.807, 2.05) is 66.7 Å². The predicted molar refractivity (Wildman–Crippen MR) is 152 cm³/mol. The number of hydrogen-bond acceptors (Lipinski definition) is 3. The molecular weight excluding hydrogens is 465 g/mol. The van der Waals surface area contributed by atoms with Crippen LogP contribution < -0.4 is 16.1 Å². The number of H-pyrrole nitrogens is 1. The summed E-state index contributed by atoms with van der Waals surface area (Å²) in [5.74, 6) is 0. The van der Waals surface area contributed by atoms with Crippen LogP contribution in [0.4, 0.5) is 16.2 Å². The molecule has 1 atom stereocenters. The Morgan fingerprint density at radius 3 is 1.94 bits per heavy atom. The summed E-state index contributed by atoms with van der Waals surface area (Å²) in [6.45, 7) is 6.43. The lowest BCUT2D eigenvalue weighted by atomic mass is 9.89. The molecule has 0 fully saturated rings. The number of benzene rings is 3. The minimum atomic E-state index is -0.293. The Balaban J connectivity index is 1.32. The van der Waals surface area contributed by atoms with Crippen LogP contribution in [0.3, 0.4) is 0 Å². The quantitative estimate of drug-likeness (QED) is 0.243. The molecule has 1 unspecified atom stereocenters. The van der Waals surface area contributed by atoms with Crippen molar-refractivity contribution in [1.29, 1.82) is 0 Å². The fraction of sp³-hybridized carbons (Fsp3) is 0.138. The van der Waals surface area contributed by atoms with Gasteiger partial charge in [0.2, 0.25) is 0 Å². The maximum atomic E-state index is 12.6. The second-order valence-corrected chi connectivity index (χ2v) is 10.3. The summed E-state index contributed by atoms with van der Waals surface area (Å²) in [4.78, 5) is 17.4. The number of anilines is 2. The highest BCUT2D eigenvalue weighted by Crippen LogP contribution is 2.32. The summed E-state index contributed by atoms with van der Waals surface area (Å²) in [6, 6.07) is 27.6. The molecule has 180 valence electrons. The van der Waals surface area contributed by atoms with Crippen LogP contribution in [0, 0.1) is 0 Å². The Kier molecular flexibility index (Phi) is 6.29. The van der Waals surface area contributed by atoms with Crippen LogP contribution >= 0.6 is 9.24 Å². The molecule has 0 aliphatic carbocycles. The molecule has 0 aliphatic rings. The second kappa shape index (κ2) is 9.56. The van der Waals surface area contributed by atoms with Gasteiger partial charge in [0.05, 0.1) is 10.8 Å². The van der Waals surface area contributed by atoms with Crippen LogP contribution in [0.5, 0.6) is 0 Å². The van der Waals surface area contributed by atoms with E-state index in [1.165, 1.54) is 0 Å². The minimum absolute atomic E-state index is 0.103. The van der Waals surface area contributed by atoms with E-state index >= 15 is 0 Å². The first-order valence-electron chi connectivity index (χ1n) is 11.8. The zero-order valence-corrected chi connectivity index (χ0v) is 21.6. The van der Waals surface area contributed by atoms with Crippen molar-refractivity contribution in [2.75, 3.05) is 10.6 Å². The van der Waals surface area contributed by atoms with E-state index < -0.39 is 0 Å². The summed E-state index contributed by atoms with van der Waals surface area (Å²) in [5.41, 5.74) is 8.23. The van der Waals surface area contributed by atoms with Crippen molar-refractivity contribution in [2.24, 2.45) is 0 Å². The van der Waals surface area contributed by atoms with Crippen LogP contribution in [0.2, 0.25) is 0 Å². The summed E-state index contributed by atoms with van der Waals surface area (Å²) in [5, 5.41) is 14.2. The second-order valence-electron chi connectivity index (χ2n) is 9.74. The topological polar surface area (TPSA) is 82.7 Å². The van der Waals surface area contributed by atoms with Crippen molar-refractivity contribution < 1.29 is 4.79 Å². The molecule has 0 saturated heterocycles. The van der Waals surface area contributed by atoms with E-state index in [0.29, 0.717) is 5.69 Å². The molecule has 2 aromatic heterocycles. The first-order valence-corrected chi connectivity index (χ1v) is 12.3. The normalized spacial score (nSPS) is 11.4. The van der Waals surface area contributed by atoms with Gasteiger partial charge in [-0.15, -0.1) is 0 Å². The summed E-state index contributed by atoms with van der Waals surface area (Å²) in [6.07, 6.45) is 0. The molecule has 0 radical (unpaired) electrons. The first-order chi connectivity index (χ1) is 17.3. The zero-order chi connectivity index (χ0) is 25.3. The van der Waals surface area contributed by atoms with Gasteiger partial charge in [-0.25, -0.2) is 9.78 Å². The van der Waals surface area contributed by atoms with Crippen LogP contribution in [0.1, 0.15) is 26.5 Å². The SMILES string of the molecule is CC(C)(C)c1cc(-c2ccc(NC(=O)Nc3ccc(-c4ccccc4)cc3)cc2)c2c(P)n[nH]c2n1. The van der Waals surface area contributed by atoms with E-state index in [1.54, 1.807) is 0 Å². The van der Waals surface area contributed by atoms with Crippen molar-refractivity contribution in [2.45, 2.75) is 26.2 Å². The molecular formula is C29H28N5OP. The first kappa shape index (κ1) is 23.7. The number of nitrogens with zero attached hydrogens (tertiary/aromatic N) is 2. The molecule has 36 heavy (non-hydrogen) atoms. The molecule has 0 spiro atoms. The number of fused-ring (bicyclic) bond motifs is 1. The molecule has 0 saturated carbocycles. The lowest BCUT2D eigenvalue weighted by Crippen LogP contribution is -2.19. The van der Waals surface area contributed by atoms with Crippen molar-refractivity contribution in [1.82, 2.24) is 15.2 Å². The Morgan fingerprint density at radius 2 is 1.36 bits per heavy atom. The Labute approximate surface area is 212 Å². The van der Waals surface area contributed by atoms with Crippen LogP contribution in [-0.2, 0) is 5.41 Å². The van der Waals surface area contributed by atoms with Gasteiger partial charge >= 0.3 is 6.03 Å². The highest BCUT2D eigenvalue weighted by molar-refractivity contribution is 7.28. The lowest BCUT2D eigenvalue weighted by Gasteiger charge is -2.19. The number of nitrogens with one attached hydrogen (secondary N) is 3. The van der Waals surface area contributed by atoms with Crippen molar-refractivity contribution in [3.05, 3.63) is 90.6 Å². The zero-order valence-electron chi connectivity index (χ0n) is 20.5. The van der Waals surface area contributed by atoms with Crippen molar-refractivity contribution in [3.63, 3.8) is 0 Å². The highest BCUT2D eigenvalue weighted by atomic mass is 31.0. The summed E-state index contributed by atoms with van der Waals surface area (Å²) in [7, 11) is 2.67. The van der Waals surface area contributed by atoms with Gasteiger partial charge in [0.25, 0.3) is 0 Å². The number of pyridine rings is 1. The molecule has 5 rings (SSSR count). The monoisotopic (exact) mass is 493 g/mol. The van der Waals surface area contributed by atoms with E-state index in [2.05, 4.69) is 69.0 Å². The van der Waals surface area contributed by atoms with Crippen molar-refractivity contribution >= 4 is 43.1 Å². The van der Waals surface area contributed by atoms with Crippen molar-refractivity contribution in [3.8, 4) is 22.3 Å². The number of urea groups is 1. The molecule has 3 N–H and O–H groups in total. The van der Waals surface area contributed by atoms with E-state index in [0.717, 1.165) is 50.1 Å². The molecule has 5 aromatic rings. The number of hydrogen-bond donors (Lipinski definition) is 3. The molecule has 3 aromatic carbocycles. The predicted octanol–water partition coefficient (Wildman–Crippen LogP) is 6.73. The van der Waals surface area contributed by atoms with Crippen LogP contribution in [0.25, 0.3) is 33.3 Å². The van der Waals surface area contributed by atoms with E-state index in [-0.39, 0.29) is 11.4 Å². The van der Waals surface area contributed by atoms with Gasteiger partial charge in [0, 0.05) is 22.5 Å². The Morgan fingerprint density at radius 1 is 0.806 bits per heavy atom. The fourth-order valence-electron chi connectivity index (χ4n) is 4.07. The number of aromatic nitrogens is 3. The largest absolute Gasteiger partial charge is 0.323 e. The summed E-state index contributed by atoms with van der Waals surface area (Å²) < 4.78 is 0. The number of carbonyl (C=O) groups excluding carboxylic acids is 1. The number of rotatable bonds is 4. The third-order valence-electron chi connectivity index (χ3n) is 6.03. The third-order valence-corrected chi connectivity index (χ3v) is 6.45. The fourth-order valence-corrected chi connectivity index (χ4v) is 4.43. The van der Waals surface area contributed by atoms with Gasteiger partial charge in [-0.2, -0.15) is 5.10 Å². The van der Waals surface area contributed by atoms with E-state index in [4.69, 9.17) is 4.98 Å². The molecule has 7 heteroatoms.